The summed E-state index contributed by atoms with van der Waals surface area (Å²) in [5.74, 6) is 0.163. The number of nitrogens with zero attached hydrogens (tertiary/aromatic N) is 1. The average Bonchev–Trinajstić information content (AvgIpc) is 3.13. The van der Waals surface area contributed by atoms with Crippen LogP contribution in [0, 0.1) is 13.8 Å². The second kappa shape index (κ2) is 7.38. The van der Waals surface area contributed by atoms with E-state index in [0.717, 1.165) is 29.7 Å². The molecule has 2 aromatic carbocycles. The highest BCUT2D eigenvalue weighted by Gasteiger charge is 2.25. The van der Waals surface area contributed by atoms with E-state index in [2.05, 4.69) is 5.32 Å². The number of ether oxygens (including phenoxy) is 1. The van der Waals surface area contributed by atoms with Crippen molar-refractivity contribution in [2.24, 2.45) is 0 Å². The summed E-state index contributed by atoms with van der Waals surface area (Å²) in [7, 11) is 0. The van der Waals surface area contributed by atoms with E-state index in [1.54, 1.807) is 23.1 Å². The molecule has 0 radical (unpaired) electrons. The number of likely N-dealkylation sites (tertiary alicyclic amines) is 1. The van der Waals surface area contributed by atoms with Crippen molar-refractivity contribution in [1.82, 2.24) is 4.90 Å². The minimum absolute atomic E-state index is 0.487. The molecule has 5 nitrogen and oxygen atoms in total. The van der Waals surface area contributed by atoms with Crippen LogP contribution in [-0.4, -0.2) is 29.8 Å². The topological polar surface area (TPSA) is 58.6 Å². The molecule has 130 valence electrons. The molecule has 1 aliphatic heterocycles. The predicted octanol–water partition coefficient (Wildman–Crippen LogP) is 3.66. The molecule has 0 aromatic heterocycles. The third-order valence-corrected chi connectivity index (χ3v) is 4.34. The number of hydrogen-bond acceptors (Lipinski definition) is 3. The fourth-order valence-electron chi connectivity index (χ4n) is 2.97. The van der Waals surface area contributed by atoms with E-state index in [-0.39, 0.29) is 0 Å². The summed E-state index contributed by atoms with van der Waals surface area (Å²) in [6, 6.07) is 13.1. The Bertz CT molecular complexity index is 775. The molecule has 2 aromatic rings. The fourth-order valence-corrected chi connectivity index (χ4v) is 2.97. The molecule has 1 N–H and O–H groups in total. The van der Waals surface area contributed by atoms with Crippen molar-refractivity contribution in [1.29, 1.82) is 0 Å². The fraction of sp³-hybridized carbons (Fsp3) is 0.300. The zero-order chi connectivity index (χ0) is 17.8. The number of carbonyl (C=O) groups is 2. The van der Waals surface area contributed by atoms with E-state index in [4.69, 9.17) is 4.74 Å². The number of nitrogens with one attached hydrogen (secondary N) is 1. The normalized spacial score (nSPS) is 13.6. The molecular formula is C20H22N2O3. The molecule has 0 saturated carbocycles. The molecule has 1 fully saturated rings. The Balaban J connectivity index is 1.79. The van der Waals surface area contributed by atoms with Crippen LogP contribution in [0.15, 0.2) is 42.5 Å². The molecule has 1 aliphatic rings. The maximum atomic E-state index is 12.3. The second-order valence-corrected chi connectivity index (χ2v) is 6.27. The van der Waals surface area contributed by atoms with Crippen molar-refractivity contribution < 1.29 is 14.3 Å². The van der Waals surface area contributed by atoms with Gasteiger partial charge in [-0.15, -0.1) is 0 Å². The first kappa shape index (κ1) is 17.0. The Hall–Kier alpha value is -2.82. The average molecular weight is 338 g/mol. The first-order valence-corrected chi connectivity index (χ1v) is 8.49. The number of rotatable bonds is 3. The van der Waals surface area contributed by atoms with Gasteiger partial charge in [0.1, 0.15) is 5.75 Å². The summed E-state index contributed by atoms with van der Waals surface area (Å²) in [5, 5.41) is 2.69. The number of hydrogen-bond donors (Lipinski definition) is 1. The highest BCUT2D eigenvalue weighted by Crippen LogP contribution is 2.33. The number of benzene rings is 2. The van der Waals surface area contributed by atoms with Crippen LogP contribution in [0.4, 0.5) is 5.69 Å². The summed E-state index contributed by atoms with van der Waals surface area (Å²) >= 11 is 0. The molecule has 3 rings (SSSR count). The molecule has 25 heavy (non-hydrogen) atoms. The molecule has 0 spiro atoms. The lowest BCUT2D eigenvalue weighted by Gasteiger charge is -2.17. The van der Waals surface area contributed by atoms with Gasteiger partial charge in [-0.1, -0.05) is 30.3 Å². The van der Waals surface area contributed by atoms with Gasteiger partial charge >= 0.3 is 11.8 Å². The Morgan fingerprint density at radius 3 is 2.28 bits per heavy atom. The van der Waals surface area contributed by atoms with E-state index in [1.807, 2.05) is 38.1 Å². The van der Waals surface area contributed by atoms with Crippen LogP contribution in [-0.2, 0) is 9.59 Å². The summed E-state index contributed by atoms with van der Waals surface area (Å²) in [6.45, 7) is 5.24. The van der Waals surface area contributed by atoms with Crippen LogP contribution in [0.2, 0.25) is 0 Å². The summed E-state index contributed by atoms with van der Waals surface area (Å²) < 4.78 is 6.04. The van der Waals surface area contributed by atoms with Crippen LogP contribution in [0.3, 0.4) is 0 Å². The lowest BCUT2D eigenvalue weighted by atomic mass is 10.1. The highest BCUT2D eigenvalue weighted by atomic mass is 16.5. The molecular weight excluding hydrogens is 316 g/mol. The van der Waals surface area contributed by atoms with Crippen molar-refractivity contribution in [3.8, 4) is 11.5 Å². The van der Waals surface area contributed by atoms with Gasteiger partial charge in [0.25, 0.3) is 0 Å². The van der Waals surface area contributed by atoms with Crippen molar-refractivity contribution in [2.45, 2.75) is 26.7 Å². The maximum absolute atomic E-state index is 12.3. The van der Waals surface area contributed by atoms with Crippen LogP contribution < -0.4 is 10.1 Å². The molecule has 2 amide bonds. The van der Waals surface area contributed by atoms with Crippen molar-refractivity contribution in [3.05, 3.63) is 53.6 Å². The van der Waals surface area contributed by atoms with Gasteiger partial charge in [0.05, 0.1) is 5.69 Å². The van der Waals surface area contributed by atoms with Crippen LogP contribution in [0.1, 0.15) is 24.0 Å². The Morgan fingerprint density at radius 1 is 0.960 bits per heavy atom. The minimum atomic E-state index is -0.626. The van der Waals surface area contributed by atoms with Gasteiger partial charge in [0.15, 0.2) is 5.75 Å². The van der Waals surface area contributed by atoms with Gasteiger partial charge in [-0.05, 0) is 49.9 Å². The van der Waals surface area contributed by atoms with Gasteiger partial charge < -0.3 is 15.0 Å². The zero-order valence-electron chi connectivity index (χ0n) is 14.5. The zero-order valence-corrected chi connectivity index (χ0v) is 14.5. The van der Waals surface area contributed by atoms with Gasteiger partial charge in [0, 0.05) is 13.1 Å². The molecule has 0 bridgehead atoms. The second-order valence-electron chi connectivity index (χ2n) is 6.27. The van der Waals surface area contributed by atoms with E-state index < -0.39 is 11.8 Å². The van der Waals surface area contributed by atoms with Crippen LogP contribution in [0.5, 0.6) is 11.5 Å². The Kier molecular flexibility index (Phi) is 5.03. The molecule has 0 atom stereocenters. The summed E-state index contributed by atoms with van der Waals surface area (Å²) in [6.07, 6.45) is 1.90. The van der Waals surface area contributed by atoms with Crippen LogP contribution >= 0.6 is 0 Å². The standard InChI is InChI=1S/C20H22N2O3/c1-14-8-7-9-15(2)18(14)25-17-11-4-3-10-16(17)21-19(23)20(24)22-12-5-6-13-22/h3-4,7-11H,5-6,12-13H2,1-2H3,(H,21,23). The highest BCUT2D eigenvalue weighted by molar-refractivity contribution is 6.39. The Morgan fingerprint density at radius 2 is 1.60 bits per heavy atom. The summed E-state index contributed by atoms with van der Waals surface area (Å²) in [4.78, 5) is 26.1. The number of amides is 2. The number of anilines is 1. The van der Waals surface area contributed by atoms with Gasteiger partial charge in [-0.25, -0.2) is 0 Å². The van der Waals surface area contributed by atoms with Gasteiger partial charge in [-0.2, -0.15) is 0 Å². The van der Waals surface area contributed by atoms with Crippen molar-refractivity contribution >= 4 is 17.5 Å². The first-order chi connectivity index (χ1) is 12.1. The smallest absolute Gasteiger partial charge is 0.314 e. The first-order valence-electron chi connectivity index (χ1n) is 8.49. The summed E-state index contributed by atoms with van der Waals surface area (Å²) in [5.41, 5.74) is 2.51. The van der Waals surface area contributed by atoms with E-state index in [1.165, 1.54) is 0 Å². The molecule has 0 unspecified atom stereocenters. The Labute approximate surface area is 147 Å². The van der Waals surface area contributed by atoms with Crippen LogP contribution in [0.25, 0.3) is 0 Å². The van der Waals surface area contributed by atoms with Gasteiger partial charge in [0.2, 0.25) is 0 Å². The van der Waals surface area contributed by atoms with E-state index in [9.17, 15) is 9.59 Å². The lowest BCUT2D eigenvalue weighted by molar-refractivity contribution is -0.142. The third-order valence-electron chi connectivity index (χ3n) is 4.34. The van der Waals surface area contributed by atoms with Crippen molar-refractivity contribution in [2.75, 3.05) is 18.4 Å². The van der Waals surface area contributed by atoms with E-state index >= 15 is 0 Å². The minimum Gasteiger partial charge on any atom is -0.455 e. The molecule has 5 heteroatoms. The van der Waals surface area contributed by atoms with E-state index in [0.29, 0.717) is 24.5 Å². The van der Waals surface area contributed by atoms with Gasteiger partial charge in [-0.3, -0.25) is 9.59 Å². The van der Waals surface area contributed by atoms with Crippen molar-refractivity contribution in [3.63, 3.8) is 0 Å². The largest absolute Gasteiger partial charge is 0.455 e. The lowest BCUT2D eigenvalue weighted by Crippen LogP contribution is -2.37. The molecule has 1 saturated heterocycles. The SMILES string of the molecule is Cc1cccc(C)c1Oc1ccccc1NC(=O)C(=O)N1CCCC1. The number of carbonyl (C=O) groups excluding carboxylic acids is 2. The quantitative estimate of drug-likeness (QED) is 0.869. The molecule has 1 heterocycles. The monoisotopic (exact) mass is 338 g/mol. The molecule has 0 aliphatic carbocycles. The number of aryl methyl sites for hydroxylation is 2. The maximum Gasteiger partial charge on any atom is 0.314 e. The predicted molar refractivity (Wildman–Crippen MR) is 96.9 cm³/mol. The third kappa shape index (κ3) is 3.82. The number of para-hydroxylation sites is 3.